The summed E-state index contributed by atoms with van der Waals surface area (Å²) in [6.45, 7) is 2.72. The number of carbonyl (C=O) groups is 1. The van der Waals surface area contributed by atoms with Crippen molar-refractivity contribution in [1.29, 1.82) is 0 Å². The van der Waals surface area contributed by atoms with Crippen molar-refractivity contribution in [2.24, 2.45) is 0 Å². The molecule has 0 aromatic carbocycles. The fourth-order valence-corrected chi connectivity index (χ4v) is 1.39. The molecule has 0 saturated carbocycles. The van der Waals surface area contributed by atoms with Crippen LogP contribution in [0.2, 0.25) is 0 Å². The largest absolute Gasteiger partial charge is 0.481 e. The molecule has 6 nitrogen and oxygen atoms in total. The molecule has 82 valence electrons. The van der Waals surface area contributed by atoms with Gasteiger partial charge in [-0.15, -0.1) is 0 Å². The molecule has 1 saturated heterocycles. The Bertz CT molecular complexity index is 366. The average Bonchev–Trinajstić information content (AvgIpc) is 2.74. The SMILES string of the molecule is CC1(c2coc(CC(=O)O)n2)OCCO1. The molecule has 0 aliphatic carbocycles. The number of carboxylic acids is 1. The molecule has 1 aliphatic heterocycles. The van der Waals surface area contributed by atoms with Crippen LogP contribution in [0.5, 0.6) is 0 Å². The molecule has 0 radical (unpaired) electrons. The van der Waals surface area contributed by atoms with Gasteiger partial charge in [0.2, 0.25) is 11.7 Å². The molecule has 0 unspecified atom stereocenters. The average molecular weight is 213 g/mol. The van der Waals surface area contributed by atoms with E-state index in [4.69, 9.17) is 19.0 Å². The van der Waals surface area contributed by atoms with Crippen molar-refractivity contribution in [3.63, 3.8) is 0 Å². The summed E-state index contributed by atoms with van der Waals surface area (Å²) in [6.07, 6.45) is 1.12. The van der Waals surface area contributed by atoms with Crippen LogP contribution in [0.1, 0.15) is 18.5 Å². The highest BCUT2D eigenvalue weighted by molar-refractivity contribution is 5.68. The lowest BCUT2D eigenvalue weighted by atomic mass is 10.2. The molecule has 1 aliphatic rings. The number of aliphatic carboxylic acids is 1. The predicted molar refractivity (Wildman–Crippen MR) is 47.1 cm³/mol. The first kappa shape index (κ1) is 10.1. The zero-order chi connectivity index (χ0) is 10.9. The lowest BCUT2D eigenvalue weighted by Crippen LogP contribution is -2.22. The van der Waals surface area contributed by atoms with Crippen LogP contribution in [0.4, 0.5) is 0 Å². The molecule has 0 spiro atoms. The predicted octanol–water partition coefficient (Wildman–Crippen LogP) is 0.521. The molecule has 1 fully saturated rings. The van der Waals surface area contributed by atoms with E-state index in [9.17, 15) is 4.79 Å². The fourth-order valence-electron chi connectivity index (χ4n) is 1.39. The van der Waals surface area contributed by atoms with E-state index < -0.39 is 11.8 Å². The molecule has 1 N–H and O–H groups in total. The minimum absolute atomic E-state index is 0.151. The van der Waals surface area contributed by atoms with Crippen molar-refractivity contribution >= 4 is 5.97 Å². The minimum Gasteiger partial charge on any atom is -0.481 e. The Labute approximate surface area is 85.8 Å². The van der Waals surface area contributed by atoms with Gasteiger partial charge in [-0.3, -0.25) is 4.79 Å². The van der Waals surface area contributed by atoms with Crippen molar-refractivity contribution in [2.45, 2.75) is 19.1 Å². The second kappa shape index (κ2) is 3.63. The Morgan fingerprint density at radius 3 is 2.87 bits per heavy atom. The summed E-state index contributed by atoms with van der Waals surface area (Å²) in [5.74, 6) is -1.74. The van der Waals surface area contributed by atoms with Gasteiger partial charge in [0, 0.05) is 0 Å². The van der Waals surface area contributed by atoms with Gasteiger partial charge in [0.1, 0.15) is 18.4 Å². The maximum Gasteiger partial charge on any atom is 0.312 e. The van der Waals surface area contributed by atoms with Crippen molar-refractivity contribution in [3.05, 3.63) is 17.8 Å². The Hall–Kier alpha value is -1.40. The molecule has 6 heteroatoms. The van der Waals surface area contributed by atoms with Crippen LogP contribution in [0.15, 0.2) is 10.7 Å². The van der Waals surface area contributed by atoms with E-state index in [0.29, 0.717) is 18.9 Å². The normalized spacial score (nSPS) is 19.3. The van der Waals surface area contributed by atoms with Crippen molar-refractivity contribution in [1.82, 2.24) is 4.98 Å². The monoisotopic (exact) mass is 213 g/mol. The minimum atomic E-state index is -0.984. The van der Waals surface area contributed by atoms with E-state index >= 15 is 0 Å². The number of hydrogen-bond donors (Lipinski definition) is 1. The maximum atomic E-state index is 10.4. The number of rotatable bonds is 3. The Kier molecular flexibility index (Phi) is 2.45. The van der Waals surface area contributed by atoms with Crippen LogP contribution < -0.4 is 0 Å². The van der Waals surface area contributed by atoms with Gasteiger partial charge in [-0.25, -0.2) is 4.98 Å². The molecule has 0 atom stereocenters. The maximum absolute atomic E-state index is 10.4. The van der Waals surface area contributed by atoms with Gasteiger partial charge in [0.25, 0.3) is 0 Å². The van der Waals surface area contributed by atoms with Crippen molar-refractivity contribution < 1.29 is 23.8 Å². The highest BCUT2D eigenvalue weighted by Crippen LogP contribution is 2.29. The van der Waals surface area contributed by atoms with Gasteiger partial charge in [-0.1, -0.05) is 0 Å². The second-order valence-corrected chi connectivity index (χ2v) is 3.34. The number of oxazole rings is 1. The number of hydrogen-bond acceptors (Lipinski definition) is 5. The van der Waals surface area contributed by atoms with E-state index in [0.717, 1.165) is 0 Å². The zero-order valence-electron chi connectivity index (χ0n) is 8.23. The van der Waals surface area contributed by atoms with E-state index in [1.807, 2.05) is 0 Å². The molecule has 1 aromatic rings. The molecule has 2 rings (SSSR count). The topological polar surface area (TPSA) is 81.8 Å². The third-order valence-corrected chi connectivity index (χ3v) is 2.16. The first-order valence-electron chi connectivity index (χ1n) is 4.55. The van der Waals surface area contributed by atoms with Crippen LogP contribution in [-0.4, -0.2) is 29.3 Å². The Balaban J connectivity index is 2.15. The summed E-state index contributed by atoms with van der Waals surface area (Å²) in [5, 5.41) is 8.54. The smallest absolute Gasteiger partial charge is 0.312 e. The standard InChI is InChI=1S/C9H11NO5/c1-9(14-2-3-15-9)6-5-13-7(10-6)4-8(11)12/h5H,2-4H2,1H3,(H,11,12). The molecular formula is C9H11NO5. The summed E-state index contributed by atoms with van der Waals surface area (Å²) in [4.78, 5) is 14.4. The van der Waals surface area contributed by atoms with Gasteiger partial charge in [0.15, 0.2) is 0 Å². The molecule has 0 amide bonds. The van der Waals surface area contributed by atoms with Gasteiger partial charge >= 0.3 is 5.97 Å². The van der Waals surface area contributed by atoms with E-state index in [-0.39, 0.29) is 12.3 Å². The first-order valence-corrected chi connectivity index (χ1v) is 4.55. The van der Waals surface area contributed by atoms with Gasteiger partial charge in [0.05, 0.1) is 13.2 Å². The summed E-state index contributed by atoms with van der Waals surface area (Å²) in [5.41, 5.74) is 0.469. The first-order chi connectivity index (χ1) is 7.10. The quantitative estimate of drug-likeness (QED) is 0.788. The van der Waals surface area contributed by atoms with Crippen LogP contribution in [-0.2, 0) is 26.5 Å². The van der Waals surface area contributed by atoms with Gasteiger partial charge < -0.3 is 19.0 Å². The summed E-state index contributed by atoms with van der Waals surface area (Å²) in [6, 6.07) is 0. The van der Waals surface area contributed by atoms with Gasteiger partial charge in [-0.05, 0) is 6.92 Å². The van der Waals surface area contributed by atoms with E-state index in [1.54, 1.807) is 6.92 Å². The van der Waals surface area contributed by atoms with Crippen LogP contribution in [0.3, 0.4) is 0 Å². The Morgan fingerprint density at radius 2 is 2.27 bits per heavy atom. The number of nitrogens with zero attached hydrogens (tertiary/aromatic N) is 1. The summed E-state index contributed by atoms with van der Waals surface area (Å²) < 4.78 is 15.7. The third kappa shape index (κ3) is 2.00. The third-order valence-electron chi connectivity index (χ3n) is 2.16. The van der Waals surface area contributed by atoms with Crippen LogP contribution in [0.25, 0.3) is 0 Å². The van der Waals surface area contributed by atoms with E-state index in [1.165, 1.54) is 6.26 Å². The number of aromatic nitrogens is 1. The molecule has 2 heterocycles. The lowest BCUT2D eigenvalue weighted by Gasteiger charge is -2.18. The molecule has 1 aromatic heterocycles. The van der Waals surface area contributed by atoms with Crippen molar-refractivity contribution in [3.8, 4) is 0 Å². The molecule has 0 bridgehead atoms. The van der Waals surface area contributed by atoms with Crippen molar-refractivity contribution in [2.75, 3.05) is 13.2 Å². The highest BCUT2D eigenvalue weighted by atomic mass is 16.7. The summed E-state index contributed by atoms with van der Waals surface area (Å²) in [7, 11) is 0. The lowest BCUT2D eigenvalue weighted by molar-refractivity contribution is -0.152. The highest BCUT2D eigenvalue weighted by Gasteiger charge is 2.36. The van der Waals surface area contributed by atoms with Crippen LogP contribution in [0, 0.1) is 0 Å². The zero-order valence-corrected chi connectivity index (χ0v) is 8.23. The van der Waals surface area contributed by atoms with E-state index in [2.05, 4.69) is 4.98 Å². The van der Waals surface area contributed by atoms with Crippen LogP contribution >= 0.6 is 0 Å². The summed E-state index contributed by atoms with van der Waals surface area (Å²) >= 11 is 0. The van der Waals surface area contributed by atoms with Gasteiger partial charge in [-0.2, -0.15) is 0 Å². The number of ether oxygens (including phenoxy) is 2. The Morgan fingerprint density at radius 1 is 1.60 bits per heavy atom. The second-order valence-electron chi connectivity index (χ2n) is 3.34. The fraction of sp³-hybridized carbons (Fsp3) is 0.556. The molecular weight excluding hydrogens is 202 g/mol. The number of carboxylic acid groups (broad SMARTS) is 1. The molecule has 15 heavy (non-hydrogen) atoms.